The summed E-state index contributed by atoms with van der Waals surface area (Å²) in [5.74, 6) is 0.214. The van der Waals surface area contributed by atoms with Gasteiger partial charge in [-0.05, 0) is 27.2 Å². The molecule has 2 heteroatoms. The van der Waals surface area contributed by atoms with Gasteiger partial charge in [-0.15, -0.1) is 0 Å². The molecule has 0 aromatic rings. The Labute approximate surface area is 75.3 Å². The SMILES string of the molecule is CCCCC(=O)C(C)(C)OCC. The average molecular weight is 172 g/mol. The molecule has 0 aromatic heterocycles. The Balaban J connectivity index is 3.88. The van der Waals surface area contributed by atoms with E-state index in [9.17, 15) is 4.79 Å². The fourth-order valence-electron chi connectivity index (χ4n) is 1.08. The molecule has 72 valence electrons. The van der Waals surface area contributed by atoms with E-state index < -0.39 is 5.60 Å². The van der Waals surface area contributed by atoms with Gasteiger partial charge in [0, 0.05) is 13.0 Å². The predicted molar refractivity (Wildman–Crippen MR) is 50.2 cm³/mol. The number of unbranched alkanes of at least 4 members (excludes halogenated alkanes) is 1. The van der Waals surface area contributed by atoms with Crippen LogP contribution in [-0.4, -0.2) is 18.0 Å². The van der Waals surface area contributed by atoms with Gasteiger partial charge in [0.05, 0.1) is 0 Å². The number of hydrogen-bond acceptors (Lipinski definition) is 2. The van der Waals surface area contributed by atoms with Crippen molar-refractivity contribution >= 4 is 5.78 Å². The van der Waals surface area contributed by atoms with Crippen molar-refractivity contribution in [2.24, 2.45) is 0 Å². The number of carbonyl (C=O) groups is 1. The van der Waals surface area contributed by atoms with Gasteiger partial charge < -0.3 is 4.74 Å². The Morgan fingerprint density at radius 3 is 2.33 bits per heavy atom. The summed E-state index contributed by atoms with van der Waals surface area (Å²) in [7, 11) is 0. The molecule has 0 radical (unpaired) electrons. The van der Waals surface area contributed by atoms with E-state index in [0.29, 0.717) is 13.0 Å². The zero-order chi connectivity index (χ0) is 9.61. The van der Waals surface area contributed by atoms with Crippen molar-refractivity contribution in [3.05, 3.63) is 0 Å². The molecular formula is C10H20O2. The van der Waals surface area contributed by atoms with Crippen LogP contribution in [0.2, 0.25) is 0 Å². The maximum atomic E-state index is 11.5. The van der Waals surface area contributed by atoms with Crippen LogP contribution in [0.15, 0.2) is 0 Å². The van der Waals surface area contributed by atoms with Gasteiger partial charge in [0.25, 0.3) is 0 Å². The number of Topliss-reactive ketones (excluding diaryl/α,β-unsaturated/α-hetero) is 1. The van der Waals surface area contributed by atoms with Crippen LogP contribution in [0.3, 0.4) is 0 Å². The third-order valence-corrected chi connectivity index (χ3v) is 1.93. The zero-order valence-electron chi connectivity index (χ0n) is 8.64. The van der Waals surface area contributed by atoms with Crippen LogP contribution >= 0.6 is 0 Å². The van der Waals surface area contributed by atoms with Crippen molar-refractivity contribution in [1.29, 1.82) is 0 Å². The Morgan fingerprint density at radius 2 is 1.92 bits per heavy atom. The summed E-state index contributed by atoms with van der Waals surface area (Å²) in [5.41, 5.74) is -0.579. The van der Waals surface area contributed by atoms with Crippen LogP contribution in [0.1, 0.15) is 47.0 Å². The van der Waals surface area contributed by atoms with Gasteiger partial charge in [-0.3, -0.25) is 4.79 Å². The van der Waals surface area contributed by atoms with Gasteiger partial charge in [-0.1, -0.05) is 13.3 Å². The van der Waals surface area contributed by atoms with E-state index >= 15 is 0 Å². The summed E-state index contributed by atoms with van der Waals surface area (Å²) in [6, 6.07) is 0. The van der Waals surface area contributed by atoms with E-state index in [0.717, 1.165) is 12.8 Å². The largest absolute Gasteiger partial charge is 0.368 e. The first-order valence-corrected chi connectivity index (χ1v) is 4.71. The Hall–Kier alpha value is -0.370. The molecule has 0 saturated carbocycles. The van der Waals surface area contributed by atoms with Crippen molar-refractivity contribution < 1.29 is 9.53 Å². The molecule has 0 unspecified atom stereocenters. The maximum absolute atomic E-state index is 11.5. The molecular weight excluding hydrogens is 152 g/mol. The highest BCUT2D eigenvalue weighted by molar-refractivity contribution is 5.86. The second kappa shape index (κ2) is 5.31. The van der Waals surface area contributed by atoms with Crippen LogP contribution in [0.25, 0.3) is 0 Å². The number of hydrogen-bond donors (Lipinski definition) is 0. The highest BCUT2D eigenvalue weighted by Crippen LogP contribution is 2.14. The van der Waals surface area contributed by atoms with Gasteiger partial charge in [0.1, 0.15) is 5.60 Å². The molecule has 0 aromatic carbocycles. The lowest BCUT2D eigenvalue weighted by atomic mass is 9.99. The Bertz CT molecular complexity index is 139. The number of rotatable bonds is 6. The molecule has 0 saturated heterocycles. The molecule has 0 spiro atoms. The molecule has 0 fully saturated rings. The number of ether oxygens (including phenoxy) is 1. The second-order valence-electron chi connectivity index (χ2n) is 3.47. The summed E-state index contributed by atoms with van der Waals surface area (Å²) in [6.45, 7) is 8.28. The summed E-state index contributed by atoms with van der Waals surface area (Å²) >= 11 is 0. The molecule has 0 amide bonds. The molecule has 12 heavy (non-hydrogen) atoms. The summed E-state index contributed by atoms with van der Waals surface area (Å²) in [4.78, 5) is 11.5. The monoisotopic (exact) mass is 172 g/mol. The lowest BCUT2D eigenvalue weighted by Gasteiger charge is -2.22. The second-order valence-corrected chi connectivity index (χ2v) is 3.47. The summed E-state index contributed by atoms with van der Waals surface area (Å²) < 4.78 is 5.34. The first kappa shape index (κ1) is 11.6. The third-order valence-electron chi connectivity index (χ3n) is 1.93. The molecule has 0 N–H and O–H groups in total. The van der Waals surface area contributed by atoms with Crippen molar-refractivity contribution in [3.63, 3.8) is 0 Å². The van der Waals surface area contributed by atoms with Crippen molar-refractivity contribution in [3.8, 4) is 0 Å². The molecule has 0 rings (SSSR count). The topological polar surface area (TPSA) is 26.3 Å². The molecule has 2 nitrogen and oxygen atoms in total. The average Bonchev–Trinajstić information content (AvgIpc) is 2.00. The lowest BCUT2D eigenvalue weighted by molar-refractivity contribution is -0.139. The van der Waals surface area contributed by atoms with Crippen molar-refractivity contribution in [1.82, 2.24) is 0 Å². The molecule has 0 aliphatic carbocycles. The van der Waals surface area contributed by atoms with E-state index in [2.05, 4.69) is 6.92 Å². The van der Waals surface area contributed by atoms with Gasteiger partial charge >= 0.3 is 0 Å². The van der Waals surface area contributed by atoms with Gasteiger partial charge in [0.2, 0.25) is 0 Å². The van der Waals surface area contributed by atoms with Crippen LogP contribution in [0, 0.1) is 0 Å². The van der Waals surface area contributed by atoms with E-state index in [4.69, 9.17) is 4.74 Å². The van der Waals surface area contributed by atoms with Crippen LogP contribution in [0.5, 0.6) is 0 Å². The quantitative estimate of drug-likeness (QED) is 0.615. The third kappa shape index (κ3) is 3.86. The Morgan fingerprint density at radius 1 is 1.33 bits per heavy atom. The molecule has 0 aliphatic heterocycles. The van der Waals surface area contributed by atoms with Crippen molar-refractivity contribution in [2.75, 3.05) is 6.61 Å². The predicted octanol–water partition coefficient (Wildman–Crippen LogP) is 2.56. The summed E-state index contributed by atoms with van der Waals surface area (Å²) in [5, 5.41) is 0. The molecule has 0 bridgehead atoms. The van der Waals surface area contributed by atoms with E-state index in [-0.39, 0.29) is 5.78 Å². The first-order chi connectivity index (χ1) is 5.54. The van der Waals surface area contributed by atoms with E-state index in [1.165, 1.54) is 0 Å². The highest BCUT2D eigenvalue weighted by atomic mass is 16.5. The maximum Gasteiger partial charge on any atom is 0.164 e. The fraction of sp³-hybridized carbons (Fsp3) is 0.900. The minimum atomic E-state index is -0.579. The van der Waals surface area contributed by atoms with E-state index in [1.807, 2.05) is 20.8 Å². The fourth-order valence-corrected chi connectivity index (χ4v) is 1.08. The van der Waals surface area contributed by atoms with Crippen LogP contribution < -0.4 is 0 Å². The van der Waals surface area contributed by atoms with Crippen LogP contribution in [0.4, 0.5) is 0 Å². The number of ketones is 1. The molecule has 0 atom stereocenters. The van der Waals surface area contributed by atoms with Crippen LogP contribution in [-0.2, 0) is 9.53 Å². The van der Waals surface area contributed by atoms with E-state index in [1.54, 1.807) is 0 Å². The van der Waals surface area contributed by atoms with Crippen molar-refractivity contribution in [2.45, 2.75) is 52.6 Å². The standard InChI is InChI=1S/C10H20O2/c1-5-7-8-9(11)10(3,4)12-6-2/h5-8H2,1-4H3. The normalized spacial score (nSPS) is 11.7. The lowest BCUT2D eigenvalue weighted by Crippen LogP contribution is -2.34. The smallest absolute Gasteiger partial charge is 0.164 e. The van der Waals surface area contributed by atoms with Gasteiger partial charge in [0.15, 0.2) is 5.78 Å². The minimum absolute atomic E-state index is 0.214. The highest BCUT2D eigenvalue weighted by Gasteiger charge is 2.26. The first-order valence-electron chi connectivity index (χ1n) is 4.71. The Kier molecular flexibility index (Phi) is 5.14. The van der Waals surface area contributed by atoms with Gasteiger partial charge in [-0.2, -0.15) is 0 Å². The molecule has 0 aliphatic rings. The number of carbonyl (C=O) groups excluding carboxylic acids is 1. The summed E-state index contributed by atoms with van der Waals surface area (Å²) in [6.07, 6.45) is 2.67. The zero-order valence-corrected chi connectivity index (χ0v) is 8.64. The van der Waals surface area contributed by atoms with Gasteiger partial charge in [-0.25, -0.2) is 0 Å². The molecule has 0 heterocycles. The minimum Gasteiger partial charge on any atom is -0.368 e.